The second-order valence-electron chi connectivity index (χ2n) is 3.40. The first-order valence-corrected chi connectivity index (χ1v) is 3.73. The van der Waals surface area contributed by atoms with Gasteiger partial charge in [-0.15, -0.1) is 0 Å². The van der Waals surface area contributed by atoms with Crippen LogP contribution in [-0.4, -0.2) is 66.3 Å². The SMILES string of the molecule is C.C[N+](C)(CCO)CC(O)CO.[Cl-]. The van der Waals surface area contributed by atoms with E-state index in [-0.39, 0.29) is 33.0 Å². The van der Waals surface area contributed by atoms with Gasteiger partial charge in [-0.25, -0.2) is 0 Å². The molecule has 0 aliphatic rings. The van der Waals surface area contributed by atoms with Gasteiger partial charge in [0, 0.05) is 0 Å². The first kappa shape index (κ1) is 18.8. The molecule has 4 nitrogen and oxygen atoms in total. The van der Waals surface area contributed by atoms with Crippen LogP contribution in [0.3, 0.4) is 0 Å². The van der Waals surface area contributed by atoms with E-state index in [0.717, 1.165) is 0 Å². The van der Waals surface area contributed by atoms with Crippen LogP contribution < -0.4 is 12.4 Å². The predicted octanol–water partition coefficient (Wildman–Crippen LogP) is -3.95. The molecule has 0 saturated carbocycles. The Kier molecular flexibility index (Phi) is 12.6. The summed E-state index contributed by atoms with van der Waals surface area (Å²) in [7, 11) is 3.80. The second kappa shape index (κ2) is 8.72. The van der Waals surface area contributed by atoms with Crippen LogP contribution in [0.2, 0.25) is 0 Å². The van der Waals surface area contributed by atoms with E-state index < -0.39 is 6.10 Å². The molecule has 0 heterocycles. The molecule has 0 fully saturated rings. The van der Waals surface area contributed by atoms with E-state index >= 15 is 0 Å². The van der Waals surface area contributed by atoms with Crippen molar-refractivity contribution < 1.29 is 32.2 Å². The molecule has 0 aromatic carbocycles. The summed E-state index contributed by atoms with van der Waals surface area (Å²) < 4.78 is 0.526. The highest BCUT2D eigenvalue weighted by atomic mass is 35.5. The normalized spacial score (nSPS) is 12.7. The number of aliphatic hydroxyl groups excluding tert-OH is 3. The second-order valence-corrected chi connectivity index (χ2v) is 3.40. The quantitative estimate of drug-likeness (QED) is 0.411. The number of aliphatic hydroxyl groups is 3. The average molecular weight is 216 g/mol. The summed E-state index contributed by atoms with van der Waals surface area (Å²) in [6, 6.07) is 0. The smallest absolute Gasteiger partial charge is 0.126 e. The topological polar surface area (TPSA) is 60.7 Å². The molecule has 0 aliphatic carbocycles. The first-order valence-electron chi connectivity index (χ1n) is 3.73. The lowest BCUT2D eigenvalue weighted by Crippen LogP contribution is -3.00. The lowest BCUT2D eigenvalue weighted by atomic mass is 10.3. The fraction of sp³-hybridized carbons (Fsp3) is 1.00. The van der Waals surface area contributed by atoms with Gasteiger partial charge in [0.15, 0.2) is 0 Å². The van der Waals surface area contributed by atoms with Crippen LogP contribution in [0.15, 0.2) is 0 Å². The molecule has 1 atom stereocenters. The lowest BCUT2D eigenvalue weighted by Gasteiger charge is -2.30. The summed E-state index contributed by atoms with van der Waals surface area (Å²) in [4.78, 5) is 0. The Morgan fingerprint density at radius 2 is 1.69 bits per heavy atom. The minimum atomic E-state index is -0.684. The van der Waals surface area contributed by atoms with Gasteiger partial charge in [-0.3, -0.25) is 0 Å². The third-order valence-electron chi connectivity index (χ3n) is 1.62. The zero-order chi connectivity index (χ0) is 8.91. The molecule has 0 saturated heterocycles. The van der Waals surface area contributed by atoms with Gasteiger partial charge < -0.3 is 32.2 Å². The highest BCUT2D eigenvalue weighted by Crippen LogP contribution is 1.98. The van der Waals surface area contributed by atoms with Crippen molar-refractivity contribution in [1.82, 2.24) is 0 Å². The van der Waals surface area contributed by atoms with Crippen molar-refractivity contribution >= 4 is 0 Å². The third-order valence-corrected chi connectivity index (χ3v) is 1.62. The van der Waals surface area contributed by atoms with Gasteiger partial charge in [-0.1, -0.05) is 7.43 Å². The average Bonchev–Trinajstić information content (AvgIpc) is 1.86. The minimum Gasteiger partial charge on any atom is -1.00 e. The standard InChI is InChI=1S/C7H18NO3.CH4.ClH/c1-8(2,3-4-9)5-7(11)6-10;;/h7,9-11H,3-6H2,1-2H3;1H4;1H/q+1;;/p-1. The first-order chi connectivity index (χ1) is 5.02. The van der Waals surface area contributed by atoms with Gasteiger partial charge in [0.05, 0.1) is 27.3 Å². The maximum Gasteiger partial charge on any atom is 0.126 e. The highest BCUT2D eigenvalue weighted by Gasteiger charge is 2.18. The third kappa shape index (κ3) is 10.0. The van der Waals surface area contributed by atoms with Crippen LogP contribution in [0.25, 0.3) is 0 Å². The summed E-state index contributed by atoms with van der Waals surface area (Å²) >= 11 is 0. The number of nitrogens with zero attached hydrogens (tertiary/aromatic N) is 1. The summed E-state index contributed by atoms with van der Waals surface area (Å²) in [5.74, 6) is 0. The van der Waals surface area contributed by atoms with Crippen molar-refractivity contribution in [2.75, 3.05) is 40.4 Å². The molecule has 0 aromatic heterocycles. The van der Waals surface area contributed by atoms with Crippen molar-refractivity contribution in [2.24, 2.45) is 0 Å². The Balaban J connectivity index is -0.000000500. The molecule has 0 radical (unpaired) electrons. The minimum absolute atomic E-state index is 0. The number of quaternary nitrogens is 1. The molecule has 0 amide bonds. The number of hydrogen-bond donors (Lipinski definition) is 3. The van der Waals surface area contributed by atoms with Crippen molar-refractivity contribution in [3.63, 3.8) is 0 Å². The van der Waals surface area contributed by atoms with E-state index in [9.17, 15) is 0 Å². The van der Waals surface area contributed by atoms with Crippen molar-refractivity contribution in [3.8, 4) is 0 Å². The van der Waals surface area contributed by atoms with E-state index in [2.05, 4.69) is 0 Å². The van der Waals surface area contributed by atoms with Gasteiger partial charge in [0.1, 0.15) is 19.2 Å². The maximum absolute atomic E-state index is 9.07. The molecule has 0 rings (SSSR count). The molecule has 1 unspecified atom stereocenters. The van der Waals surface area contributed by atoms with Gasteiger partial charge in [0.2, 0.25) is 0 Å². The Labute approximate surface area is 86.8 Å². The van der Waals surface area contributed by atoms with Crippen molar-refractivity contribution in [1.29, 1.82) is 0 Å². The van der Waals surface area contributed by atoms with Crippen LogP contribution in [0, 0.1) is 0 Å². The van der Waals surface area contributed by atoms with Crippen molar-refractivity contribution in [3.05, 3.63) is 0 Å². The number of likely N-dealkylation sites (N-methyl/N-ethyl adjacent to an activating group) is 1. The zero-order valence-electron chi connectivity index (χ0n) is 7.57. The highest BCUT2D eigenvalue weighted by molar-refractivity contribution is 4.49. The van der Waals surface area contributed by atoms with E-state index in [4.69, 9.17) is 15.3 Å². The van der Waals surface area contributed by atoms with Gasteiger partial charge in [0.25, 0.3) is 0 Å². The molecule has 0 bridgehead atoms. The Bertz CT molecular complexity index is 112. The number of hydrogen-bond acceptors (Lipinski definition) is 3. The fourth-order valence-electron chi connectivity index (χ4n) is 0.990. The number of rotatable bonds is 5. The van der Waals surface area contributed by atoms with Gasteiger partial charge in [-0.2, -0.15) is 0 Å². The Hall–Kier alpha value is 0.130. The molecule has 3 N–H and O–H groups in total. The van der Waals surface area contributed by atoms with Crippen LogP contribution in [0.4, 0.5) is 0 Å². The van der Waals surface area contributed by atoms with Crippen LogP contribution in [-0.2, 0) is 0 Å². The Morgan fingerprint density at radius 3 is 2.00 bits per heavy atom. The summed E-state index contributed by atoms with van der Waals surface area (Å²) in [6.07, 6.45) is -0.684. The van der Waals surface area contributed by atoms with E-state index in [1.807, 2.05) is 14.1 Å². The molecule has 0 aromatic rings. The fourth-order valence-corrected chi connectivity index (χ4v) is 0.990. The van der Waals surface area contributed by atoms with E-state index in [1.54, 1.807) is 0 Å². The summed E-state index contributed by atoms with van der Waals surface area (Å²) in [5.41, 5.74) is 0. The molecule has 5 heteroatoms. The summed E-state index contributed by atoms with van der Waals surface area (Å²) in [6.45, 7) is 0.951. The van der Waals surface area contributed by atoms with E-state index in [0.29, 0.717) is 17.6 Å². The van der Waals surface area contributed by atoms with Crippen LogP contribution in [0.5, 0.6) is 0 Å². The zero-order valence-corrected chi connectivity index (χ0v) is 8.33. The Morgan fingerprint density at radius 1 is 1.23 bits per heavy atom. The predicted molar refractivity (Wildman–Crippen MR) is 48.8 cm³/mol. The van der Waals surface area contributed by atoms with Gasteiger partial charge in [-0.05, 0) is 0 Å². The molecule has 0 aliphatic heterocycles. The largest absolute Gasteiger partial charge is 1.00 e. The molecule has 13 heavy (non-hydrogen) atoms. The van der Waals surface area contributed by atoms with E-state index in [1.165, 1.54) is 0 Å². The molecule has 84 valence electrons. The number of halogens is 1. The monoisotopic (exact) mass is 215 g/mol. The summed E-state index contributed by atoms with van der Waals surface area (Å²) in [5, 5.41) is 26.2. The van der Waals surface area contributed by atoms with Crippen LogP contribution >= 0.6 is 0 Å². The lowest BCUT2D eigenvalue weighted by molar-refractivity contribution is -0.893. The molecular weight excluding hydrogens is 194 g/mol. The van der Waals surface area contributed by atoms with Crippen LogP contribution in [0.1, 0.15) is 7.43 Å². The molecular formula is C8H22ClNO3. The maximum atomic E-state index is 9.07. The van der Waals surface area contributed by atoms with Gasteiger partial charge >= 0.3 is 0 Å². The molecule has 0 spiro atoms. The van der Waals surface area contributed by atoms with Crippen molar-refractivity contribution in [2.45, 2.75) is 13.5 Å².